The van der Waals surface area contributed by atoms with Gasteiger partial charge in [-0.25, -0.2) is 4.79 Å². The summed E-state index contributed by atoms with van der Waals surface area (Å²) in [6.45, 7) is 9.57. The lowest BCUT2D eigenvalue weighted by molar-refractivity contribution is 0.146. The molecule has 0 bridgehead atoms. The van der Waals surface area contributed by atoms with Crippen molar-refractivity contribution < 1.29 is 14.3 Å². The number of halogens is 1. The number of nitrogens with one attached hydrogen (secondary N) is 3. The fraction of sp³-hybridized carbons (Fsp3) is 0.600. The monoisotopic (exact) mass is 506 g/mol. The molecule has 0 aromatic heterocycles. The zero-order valence-electron chi connectivity index (χ0n) is 17.8. The molecule has 0 radical (unpaired) electrons. The number of benzene rings is 1. The van der Waals surface area contributed by atoms with Crippen LogP contribution < -0.4 is 20.7 Å². The highest BCUT2D eigenvalue weighted by molar-refractivity contribution is 14.0. The number of hydrogen-bond acceptors (Lipinski definition) is 4. The summed E-state index contributed by atoms with van der Waals surface area (Å²) < 4.78 is 10.4. The van der Waals surface area contributed by atoms with Crippen LogP contribution in [0, 0.1) is 12.8 Å². The molecule has 8 heteroatoms. The lowest BCUT2D eigenvalue weighted by atomic mass is 10.0. The summed E-state index contributed by atoms with van der Waals surface area (Å²) in [5.41, 5.74) is 2.20. The van der Waals surface area contributed by atoms with Crippen LogP contribution in [0.4, 0.5) is 4.79 Å². The number of alkyl carbamates (subject to hydrolysis) is 1. The van der Waals surface area contributed by atoms with Gasteiger partial charge < -0.3 is 25.4 Å². The van der Waals surface area contributed by atoms with Crippen LogP contribution in [-0.4, -0.2) is 45.4 Å². The van der Waals surface area contributed by atoms with Crippen molar-refractivity contribution in [1.29, 1.82) is 0 Å². The van der Waals surface area contributed by atoms with Crippen LogP contribution in [0.1, 0.15) is 38.3 Å². The zero-order valence-corrected chi connectivity index (χ0v) is 20.1. The van der Waals surface area contributed by atoms with Gasteiger partial charge in [-0.3, -0.25) is 4.99 Å². The Labute approximate surface area is 186 Å². The number of aryl methyl sites for hydroxylation is 1. The third-order valence-electron chi connectivity index (χ3n) is 3.98. The van der Waals surface area contributed by atoms with E-state index in [9.17, 15) is 4.79 Å². The predicted molar refractivity (Wildman–Crippen MR) is 125 cm³/mol. The molecule has 0 spiro atoms. The Kier molecular flexibility index (Phi) is 13.4. The molecular formula is C20H35IN4O3. The standard InChI is InChI=1S/C20H34N4O3.HI/c1-7-27-20(25)24-17(10-14(2)3)13-23-19(21-5)22-12-16-9-8-15(4)11-18(16)26-6;/h8-9,11,14,17H,7,10,12-13H2,1-6H3,(H,24,25)(H2,21,22,23);1H. The number of amides is 1. The lowest BCUT2D eigenvalue weighted by Crippen LogP contribution is -2.47. The zero-order chi connectivity index (χ0) is 20.2. The first-order valence-corrected chi connectivity index (χ1v) is 9.40. The van der Waals surface area contributed by atoms with Crippen molar-refractivity contribution in [2.24, 2.45) is 10.9 Å². The number of nitrogens with zero attached hydrogens (tertiary/aromatic N) is 1. The van der Waals surface area contributed by atoms with Crippen LogP contribution in [0.2, 0.25) is 0 Å². The summed E-state index contributed by atoms with van der Waals surface area (Å²) in [7, 11) is 3.39. The van der Waals surface area contributed by atoms with Gasteiger partial charge in [0.05, 0.1) is 13.7 Å². The van der Waals surface area contributed by atoms with Crippen molar-refractivity contribution in [3.63, 3.8) is 0 Å². The average Bonchev–Trinajstić information content (AvgIpc) is 2.62. The number of hydrogen-bond donors (Lipinski definition) is 3. The number of methoxy groups -OCH3 is 1. The predicted octanol–water partition coefficient (Wildman–Crippen LogP) is 3.45. The Morgan fingerprint density at radius 1 is 1.25 bits per heavy atom. The van der Waals surface area contributed by atoms with Crippen molar-refractivity contribution in [3.05, 3.63) is 29.3 Å². The van der Waals surface area contributed by atoms with E-state index in [0.717, 1.165) is 23.3 Å². The third kappa shape index (κ3) is 10.0. The molecule has 0 fully saturated rings. The normalized spacial score (nSPS) is 12.0. The maximum absolute atomic E-state index is 11.7. The molecule has 1 atom stereocenters. The van der Waals surface area contributed by atoms with Gasteiger partial charge in [0.2, 0.25) is 0 Å². The molecule has 1 aromatic carbocycles. The molecule has 160 valence electrons. The molecule has 0 aliphatic rings. The highest BCUT2D eigenvalue weighted by atomic mass is 127. The highest BCUT2D eigenvalue weighted by Crippen LogP contribution is 2.19. The molecule has 0 saturated heterocycles. The van der Waals surface area contributed by atoms with E-state index in [-0.39, 0.29) is 30.0 Å². The maximum Gasteiger partial charge on any atom is 0.407 e. The Balaban J connectivity index is 0.00000729. The molecule has 3 N–H and O–H groups in total. The molecule has 0 heterocycles. The second-order valence-corrected chi connectivity index (χ2v) is 6.81. The summed E-state index contributed by atoms with van der Waals surface area (Å²) in [5, 5.41) is 9.45. The van der Waals surface area contributed by atoms with Crippen molar-refractivity contribution in [3.8, 4) is 5.75 Å². The molecule has 1 rings (SSSR count). The third-order valence-corrected chi connectivity index (χ3v) is 3.98. The van der Waals surface area contributed by atoms with Gasteiger partial charge in [0.15, 0.2) is 5.96 Å². The molecule has 1 aromatic rings. The first-order valence-electron chi connectivity index (χ1n) is 9.40. The number of rotatable bonds is 9. The van der Waals surface area contributed by atoms with Gasteiger partial charge in [-0.15, -0.1) is 24.0 Å². The highest BCUT2D eigenvalue weighted by Gasteiger charge is 2.15. The van der Waals surface area contributed by atoms with E-state index in [4.69, 9.17) is 9.47 Å². The fourth-order valence-corrected chi connectivity index (χ4v) is 2.72. The van der Waals surface area contributed by atoms with Gasteiger partial charge in [0, 0.05) is 31.7 Å². The maximum atomic E-state index is 11.7. The van der Waals surface area contributed by atoms with Crippen LogP contribution >= 0.6 is 24.0 Å². The van der Waals surface area contributed by atoms with Crippen LogP contribution in [0.5, 0.6) is 5.75 Å². The van der Waals surface area contributed by atoms with Crippen LogP contribution in [-0.2, 0) is 11.3 Å². The summed E-state index contributed by atoms with van der Waals surface area (Å²) in [6, 6.07) is 6.06. The van der Waals surface area contributed by atoms with Gasteiger partial charge in [-0.2, -0.15) is 0 Å². The van der Waals surface area contributed by atoms with Crippen LogP contribution in [0.25, 0.3) is 0 Å². The average molecular weight is 506 g/mol. The Morgan fingerprint density at radius 3 is 2.54 bits per heavy atom. The summed E-state index contributed by atoms with van der Waals surface area (Å²) >= 11 is 0. The van der Waals surface area contributed by atoms with E-state index in [0.29, 0.717) is 31.6 Å². The van der Waals surface area contributed by atoms with Crippen molar-refractivity contribution >= 4 is 36.0 Å². The topological polar surface area (TPSA) is 84.0 Å². The first-order chi connectivity index (χ1) is 12.9. The second kappa shape index (κ2) is 14.3. The quantitative estimate of drug-likeness (QED) is 0.272. The van der Waals surface area contributed by atoms with Gasteiger partial charge >= 0.3 is 6.09 Å². The van der Waals surface area contributed by atoms with E-state index in [2.05, 4.69) is 40.9 Å². The van der Waals surface area contributed by atoms with Gasteiger partial charge in [0.25, 0.3) is 0 Å². The number of carbonyl (C=O) groups is 1. The van der Waals surface area contributed by atoms with Crippen molar-refractivity contribution in [1.82, 2.24) is 16.0 Å². The minimum atomic E-state index is -0.391. The summed E-state index contributed by atoms with van der Waals surface area (Å²) in [6.07, 6.45) is 0.450. The molecule has 0 saturated carbocycles. The lowest BCUT2D eigenvalue weighted by Gasteiger charge is -2.22. The van der Waals surface area contributed by atoms with E-state index in [1.165, 1.54) is 0 Å². The summed E-state index contributed by atoms with van der Waals surface area (Å²) in [5.74, 6) is 1.96. The number of carbonyl (C=O) groups excluding carboxylic acids is 1. The Bertz CT molecular complexity index is 623. The Hall–Kier alpha value is -1.71. The SMILES string of the molecule is CCOC(=O)NC(CNC(=NC)NCc1ccc(C)cc1OC)CC(C)C.I. The molecule has 7 nitrogen and oxygen atoms in total. The van der Waals surface area contributed by atoms with Gasteiger partial charge in [0.1, 0.15) is 5.75 Å². The van der Waals surface area contributed by atoms with Crippen molar-refractivity contribution in [2.45, 2.75) is 46.7 Å². The number of aliphatic imine (C=N–C) groups is 1. The fourth-order valence-electron chi connectivity index (χ4n) is 2.72. The van der Waals surface area contributed by atoms with Crippen LogP contribution in [0.3, 0.4) is 0 Å². The molecule has 28 heavy (non-hydrogen) atoms. The minimum Gasteiger partial charge on any atom is -0.496 e. The molecule has 1 unspecified atom stereocenters. The van der Waals surface area contributed by atoms with Crippen molar-refractivity contribution in [2.75, 3.05) is 27.3 Å². The van der Waals surface area contributed by atoms with E-state index in [1.54, 1.807) is 21.1 Å². The molecule has 0 aliphatic carbocycles. The van der Waals surface area contributed by atoms with E-state index in [1.807, 2.05) is 19.1 Å². The first kappa shape index (κ1) is 26.3. The minimum absolute atomic E-state index is 0. The van der Waals surface area contributed by atoms with Crippen LogP contribution in [0.15, 0.2) is 23.2 Å². The largest absolute Gasteiger partial charge is 0.496 e. The molecular weight excluding hydrogens is 471 g/mol. The van der Waals surface area contributed by atoms with E-state index >= 15 is 0 Å². The molecule has 1 amide bonds. The van der Waals surface area contributed by atoms with Gasteiger partial charge in [-0.1, -0.05) is 26.0 Å². The smallest absolute Gasteiger partial charge is 0.407 e. The summed E-state index contributed by atoms with van der Waals surface area (Å²) in [4.78, 5) is 16.0. The molecule has 0 aliphatic heterocycles. The number of ether oxygens (including phenoxy) is 2. The van der Waals surface area contributed by atoms with E-state index < -0.39 is 6.09 Å². The Morgan fingerprint density at radius 2 is 1.96 bits per heavy atom. The van der Waals surface area contributed by atoms with Gasteiger partial charge in [-0.05, 0) is 37.8 Å². The number of guanidine groups is 1. The second-order valence-electron chi connectivity index (χ2n) is 6.81.